The molecule has 3 N–H and O–H groups in total. The Morgan fingerprint density at radius 2 is 1.92 bits per heavy atom. The van der Waals surface area contributed by atoms with E-state index >= 15 is 0 Å². The molecule has 0 spiro atoms. The molecule has 0 radical (unpaired) electrons. The van der Waals surface area contributed by atoms with Crippen molar-refractivity contribution in [3.8, 4) is 0 Å². The smallest absolute Gasteiger partial charge is 0.243 e. The predicted molar refractivity (Wildman–Crippen MR) is 115 cm³/mol. The number of halogens is 3. The molecule has 0 fully saturated rings. The summed E-state index contributed by atoms with van der Waals surface area (Å²) in [5.74, 6) is -0.177. The quantitative estimate of drug-likeness (QED) is 0.330. The Morgan fingerprint density at radius 1 is 1.15 bits per heavy atom. The van der Waals surface area contributed by atoms with Crippen LogP contribution in [0.4, 0.5) is 10.1 Å². The van der Waals surface area contributed by atoms with Crippen LogP contribution in [0.15, 0.2) is 53.5 Å². The fourth-order valence-corrected chi connectivity index (χ4v) is 2.39. The second-order valence-corrected chi connectivity index (χ2v) is 5.73. The van der Waals surface area contributed by atoms with Crippen LogP contribution in [-0.4, -0.2) is 32.0 Å². The van der Waals surface area contributed by atoms with Crippen LogP contribution in [0.2, 0.25) is 5.02 Å². The molecule has 2 aromatic rings. The summed E-state index contributed by atoms with van der Waals surface area (Å²) in [5, 5.41) is 9.34. The average Bonchev–Trinajstić information content (AvgIpc) is 2.58. The van der Waals surface area contributed by atoms with Gasteiger partial charge in [0.15, 0.2) is 5.96 Å². The Hall–Kier alpha value is -1.87. The number of anilines is 1. The van der Waals surface area contributed by atoms with Crippen molar-refractivity contribution in [2.45, 2.75) is 6.42 Å². The summed E-state index contributed by atoms with van der Waals surface area (Å²) in [6.07, 6.45) is 0.775. The lowest BCUT2D eigenvalue weighted by Crippen LogP contribution is -2.42. The maximum Gasteiger partial charge on any atom is 0.243 e. The van der Waals surface area contributed by atoms with Crippen LogP contribution in [-0.2, 0) is 11.2 Å². The predicted octanol–water partition coefficient (Wildman–Crippen LogP) is 3.44. The molecule has 5 nitrogen and oxygen atoms in total. The van der Waals surface area contributed by atoms with Gasteiger partial charge in [0.1, 0.15) is 5.82 Å². The van der Waals surface area contributed by atoms with Crippen molar-refractivity contribution in [2.75, 3.05) is 25.5 Å². The number of hydrogen-bond donors (Lipinski definition) is 3. The first-order chi connectivity index (χ1) is 12.1. The lowest BCUT2D eigenvalue weighted by molar-refractivity contribution is -0.115. The minimum atomic E-state index is -0.399. The molecule has 1 amide bonds. The number of aliphatic imine (C=N–C) groups is 1. The second-order valence-electron chi connectivity index (χ2n) is 5.29. The van der Waals surface area contributed by atoms with Crippen LogP contribution < -0.4 is 16.0 Å². The third kappa shape index (κ3) is 8.01. The number of guanidine groups is 1. The Kier molecular flexibility index (Phi) is 9.97. The molecule has 26 heavy (non-hydrogen) atoms. The molecule has 0 heterocycles. The zero-order valence-electron chi connectivity index (χ0n) is 14.3. The average molecular weight is 491 g/mol. The van der Waals surface area contributed by atoms with Crippen molar-refractivity contribution in [2.24, 2.45) is 4.99 Å². The first kappa shape index (κ1) is 22.2. The molecule has 0 bridgehead atoms. The number of nitrogens with zero attached hydrogens (tertiary/aromatic N) is 1. The largest absolute Gasteiger partial charge is 0.356 e. The summed E-state index contributed by atoms with van der Waals surface area (Å²) >= 11 is 5.95. The summed E-state index contributed by atoms with van der Waals surface area (Å²) in [7, 11) is 1.62. The summed E-state index contributed by atoms with van der Waals surface area (Å²) in [6, 6.07) is 13.4. The number of carbonyl (C=O) groups is 1. The van der Waals surface area contributed by atoms with Gasteiger partial charge in [0.05, 0.1) is 6.54 Å². The topological polar surface area (TPSA) is 65.5 Å². The van der Waals surface area contributed by atoms with Crippen LogP contribution in [0.1, 0.15) is 5.56 Å². The third-order valence-corrected chi connectivity index (χ3v) is 3.58. The Bertz CT molecular complexity index is 757. The highest BCUT2D eigenvalue weighted by Crippen LogP contribution is 2.10. The zero-order chi connectivity index (χ0) is 18.1. The summed E-state index contributed by atoms with van der Waals surface area (Å²) < 4.78 is 13.1. The lowest BCUT2D eigenvalue weighted by Gasteiger charge is -2.12. The fraction of sp³-hybridized carbons (Fsp3) is 0.222. The zero-order valence-corrected chi connectivity index (χ0v) is 17.3. The highest BCUT2D eigenvalue weighted by Gasteiger charge is 2.05. The Balaban J connectivity index is 0.00000338. The molecule has 2 aromatic carbocycles. The molecule has 0 unspecified atom stereocenters. The normalized spacial score (nSPS) is 10.7. The van der Waals surface area contributed by atoms with Gasteiger partial charge in [-0.2, -0.15) is 0 Å². The molecule has 8 heteroatoms. The minimum Gasteiger partial charge on any atom is -0.356 e. The van der Waals surface area contributed by atoms with Gasteiger partial charge in [-0.25, -0.2) is 4.39 Å². The molecule has 0 atom stereocenters. The molecular weight excluding hydrogens is 470 g/mol. The third-order valence-electron chi connectivity index (χ3n) is 3.34. The summed E-state index contributed by atoms with van der Waals surface area (Å²) in [4.78, 5) is 15.9. The van der Waals surface area contributed by atoms with Crippen LogP contribution >= 0.6 is 35.6 Å². The van der Waals surface area contributed by atoms with Crippen molar-refractivity contribution in [3.05, 3.63) is 64.9 Å². The maximum atomic E-state index is 13.1. The molecule has 140 valence electrons. The lowest BCUT2D eigenvalue weighted by atomic mass is 10.1. The first-order valence-electron chi connectivity index (χ1n) is 7.81. The van der Waals surface area contributed by atoms with E-state index in [1.165, 1.54) is 18.2 Å². The van der Waals surface area contributed by atoms with Crippen LogP contribution in [0, 0.1) is 5.82 Å². The van der Waals surface area contributed by atoms with E-state index in [2.05, 4.69) is 20.9 Å². The first-order valence-corrected chi connectivity index (χ1v) is 8.19. The summed E-state index contributed by atoms with van der Waals surface area (Å²) in [6.45, 7) is 0.666. The monoisotopic (exact) mass is 490 g/mol. The van der Waals surface area contributed by atoms with Gasteiger partial charge >= 0.3 is 0 Å². The molecule has 0 aliphatic rings. The molecular formula is C18H21ClFIN4O. The van der Waals surface area contributed by atoms with Gasteiger partial charge < -0.3 is 16.0 Å². The van der Waals surface area contributed by atoms with Gasteiger partial charge in [0.2, 0.25) is 5.91 Å². The van der Waals surface area contributed by atoms with Crippen LogP contribution in [0.25, 0.3) is 0 Å². The maximum absolute atomic E-state index is 13.1. The molecule has 0 saturated heterocycles. The summed E-state index contributed by atoms with van der Waals surface area (Å²) in [5.41, 5.74) is 1.52. The number of nitrogens with one attached hydrogen (secondary N) is 3. The fourth-order valence-electron chi connectivity index (χ4n) is 2.17. The molecule has 0 aromatic heterocycles. The van der Waals surface area contributed by atoms with Crippen LogP contribution in [0.5, 0.6) is 0 Å². The number of benzene rings is 2. The van der Waals surface area contributed by atoms with E-state index < -0.39 is 5.82 Å². The molecule has 0 saturated carbocycles. The van der Waals surface area contributed by atoms with E-state index in [1.54, 1.807) is 13.1 Å². The molecule has 0 aliphatic heterocycles. The van der Waals surface area contributed by atoms with Crippen LogP contribution in [0.3, 0.4) is 0 Å². The number of hydrogen-bond acceptors (Lipinski definition) is 2. The second kappa shape index (κ2) is 11.7. The minimum absolute atomic E-state index is 0. The highest BCUT2D eigenvalue weighted by molar-refractivity contribution is 14.0. The van der Waals surface area contributed by atoms with E-state index in [0.29, 0.717) is 23.2 Å². The van der Waals surface area contributed by atoms with E-state index in [4.69, 9.17) is 11.6 Å². The van der Waals surface area contributed by atoms with Gasteiger partial charge in [-0.15, -0.1) is 24.0 Å². The van der Waals surface area contributed by atoms with Crippen molar-refractivity contribution < 1.29 is 9.18 Å². The highest BCUT2D eigenvalue weighted by atomic mass is 127. The standard InChI is InChI=1S/C18H20ClFN4O.HI/c1-21-18(22-9-8-13-4-2-5-14(19)10-13)23-12-17(25)24-16-7-3-6-15(20)11-16;/h2-7,10-11H,8-9,12H2,1H3,(H,24,25)(H2,21,22,23);1H. The van der Waals surface area contributed by atoms with Crippen molar-refractivity contribution in [3.63, 3.8) is 0 Å². The van der Waals surface area contributed by atoms with Gasteiger partial charge in [-0.05, 0) is 42.3 Å². The van der Waals surface area contributed by atoms with Gasteiger partial charge in [0, 0.05) is 24.3 Å². The SMILES string of the molecule is CN=C(NCCc1cccc(Cl)c1)NCC(=O)Nc1cccc(F)c1.I. The van der Waals surface area contributed by atoms with Crippen molar-refractivity contribution in [1.82, 2.24) is 10.6 Å². The number of rotatable bonds is 6. The van der Waals surface area contributed by atoms with Gasteiger partial charge in [-0.3, -0.25) is 9.79 Å². The van der Waals surface area contributed by atoms with E-state index in [0.717, 1.165) is 12.0 Å². The molecule has 2 rings (SSSR count). The number of carbonyl (C=O) groups excluding carboxylic acids is 1. The van der Waals surface area contributed by atoms with Crippen molar-refractivity contribution >= 4 is 53.1 Å². The van der Waals surface area contributed by atoms with E-state index in [9.17, 15) is 9.18 Å². The Labute approximate surface area is 174 Å². The van der Waals surface area contributed by atoms with Gasteiger partial charge in [0.25, 0.3) is 0 Å². The van der Waals surface area contributed by atoms with E-state index in [1.807, 2.05) is 24.3 Å². The number of amides is 1. The van der Waals surface area contributed by atoms with Gasteiger partial charge in [-0.1, -0.05) is 29.8 Å². The van der Waals surface area contributed by atoms with Crippen molar-refractivity contribution in [1.29, 1.82) is 0 Å². The van der Waals surface area contributed by atoms with E-state index in [-0.39, 0.29) is 36.4 Å². The molecule has 0 aliphatic carbocycles. The Morgan fingerprint density at radius 3 is 2.62 bits per heavy atom.